The molecule has 15 heavy (non-hydrogen) atoms. The van der Waals surface area contributed by atoms with Crippen LogP contribution in [0.15, 0.2) is 24.3 Å². The Hall–Kier alpha value is -0.600. The van der Waals surface area contributed by atoms with Gasteiger partial charge in [-0.3, -0.25) is 0 Å². The molecule has 0 heterocycles. The number of allylic oxidation sites excluding steroid dienone is 4. The van der Waals surface area contributed by atoms with Gasteiger partial charge in [-0.2, -0.15) is 0 Å². The van der Waals surface area contributed by atoms with Crippen molar-refractivity contribution in [1.29, 1.82) is 0 Å². The van der Waals surface area contributed by atoms with E-state index in [9.17, 15) is 0 Å². The van der Waals surface area contributed by atoms with Crippen molar-refractivity contribution in [3.8, 4) is 0 Å². The van der Waals surface area contributed by atoms with Crippen molar-refractivity contribution in [2.75, 3.05) is 14.2 Å². The molecule has 0 N–H and O–H groups in total. The maximum atomic E-state index is 5.14. The van der Waals surface area contributed by atoms with E-state index in [1.165, 1.54) is 0 Å². The van der Waals surface area contributed by atoms with Gasteiger partial charge in [0, 0.05) is 14.2 Å². The van der Waals surface area contributed by atoms with Crippen LogP contribution in [-0.4, -0.2) is 20.5 Å². The Balaban J connectivity index is 3.60. The van der Waals surface area contributed by atoms with E-state index in [4.69, 9.17) is 9.47 Å². The summed E-state index contributed by atoms with van der Waals surface area (Å²) in [6.07, 6.45) is 11.6. The molecule has 0 amide bonds. The predicted octanol–water partition coefficient (Wildman–Crippen LogP) is 3.54. The summed E-state index contributed by atoms with van der Waals surface area (Å²) in [6, 6.07) is 0. The van der Waals surface area contributed by atoms with Gasteiger partial charge in [-0.15, -0.1) is 0 Å². The molecule has 0 unspecified atom stereocenters. The lowest BCUT2D eigenvalue weighted by atomic mass is 10.0. The van der Waals surface area contributed by atoms with Crippen molar-refractivity contribution in [3.05, 3.63) is 24.3 Å². The highest BCUT2D eigenvalue weighted by Crippen LogP contribution is 2.14. The van der Waals surface area contributed by atoms with Gasteiger partial charge < -0.3 is 9.47 Å². The second-order valence-electron chi connectivity index (χ2n) is 3.77. The van der Waals surface area contributed by atoms with Gasteiger partial charge in [0.2, 0.25) is 0 Å². The normalized spacial score (nSPS) is 14.5. The van der Waals surface area contributed by atoms with Crippen LogP contribution in [0.25, 0.3) is 0 Å². The summed E-state index contributed by atoms with van der Waals surface area (Å²) < 4.78 is 10.3. The second-order valence-corrected chi connectivity index (χ2v) is 3.77. The number of hydrogen-bond acceptors (Lipinski definition) is 2. The van der Waals surface area contributed by atoms with Crippen LogP contribution in [0.5, 0.6) is 0 Å². The van der Waals surface area contributed by atoms with Crippen LogP contribution in [-0.2, 0) is 9.47 Å². The lowest BCUT2D eigenvalue weighted by Gasteiger charge is -2.15. The van der Waals surface area contributed by atoms with Crippen LogP contribution in [0.1, 0.15) is 33.1 Å². The molecule has 2 heteroatoms. The number of hydrogen-bond donors (Lipinski definition) is 0. The molecule has 2 nitrogen and oxygen atoms in total. The molecule has 0 aliphatic carbocycles. The first-order valence-corrected chi connectivity index (χ1v) is 5.58. The number of ether oxygens (including phenoxy) is 2. The molecule has 0 aliphatic heterocycles. The van der Waals surface area contributed by atoms with Gasteiger partial charge in [0.15, 0.2) is 6.29 Å². The van der Waals surface area contributed by atoms with Crippen molar-refractivity contribution in [3.63, 3.8) is 0 Å². The molecule has 0 radical (unpaired) electrons. The molecular weight excluding hydrogens is 189 g/mol. The molecule has 0 saturated carbocycles. The Labute approximate surface area is 94.0 Å². The Bertz CT molecular complexity index is 181. The number of methoxy groups -OCH3 is 2. The fourth-order valence-corrected chi connectivity index (χ4v) is 1.37. The zero-order valence-corrected chi connectivity index (χ0v) is 10.4. The first-order valence-electron chi connectivity index (χ1n) is 5.58. The van der Waals surface area contributed by atoms with Crippen LogP contribution in [0, 0.1) is 5.92 Å². The summed E-state index contributed by atoms with van der Waals surface area (Å²) in [6.45, 7) is 4.28. The second kappa shape index (κ2) is 9.94. The maximum Gasteiger partial charge on any atom is 0.156 e. The van der Waals surface area contributed by atoms with E-state index in [0.29, 0.717) is 5.92 Å². The third-order valence-corrected chi connectivity index (χ3v) is 2.40. The first-order chi connectivity index (χ1) is 7.24. The van der Waals surface area contributed by atoms with Gasteiger partial charge in [-0.05, 0) is 32.1 Å². The van der Waals surface area contributed by atoms with Gasteiger partial charge in [0.1, 0.15) is 0 Å². The van der Waals surface area contributed by atoms with E-state index >= 15 is 0 Å². The van der Waals surface area contributed by atoms with E-state index in [1.807, 2.05) is 13.0 Å². The van der Waals surface area contributed by atoms with Crippen molar-refractivity contribution >= 4 is 0 Å². The van der Waals surface area contributed by atoms with E-state index < -0.39 is 0 Å². The highest BCUT2D eigenvalue weighted by Gasteiger charge is 2.07. The van der Waals surface area contributed by atoms with Crippen LogP contribution in [0.4, 0.5) is 0 Å². The minimum absolute atomic E-state index is 0.0491. The molecule has 0 spiro atoms. The highest BCUT2D eigenvalue weighted by molar-refractivity contribution is 5.01. The Morgan fingerprint density at radius 3 is 2.27 bits per heavy atom. The van der Waals surface area contributed by atoms with Gasteiger partial charge in [-0.1, -0.05) is 31.2 Å². The molecule has 0 fully saturated rings. The molecule has 1 atom stereocenters. The van der Waals surface area contributed by atoms with Gasteiger partial charge in [0.25, 0.3) is 0 Å². The highest BCUT2D eigenvalue weighted by atomic mass is 16.7. The Morgan fingerprint density at radius 1 is 1.07 bits per heavy atom. The lowest BCUT2D eigenvalue weighted by Crippen LogP contribution is -2.13. The molecule has 0 aromatic heterocycles. The molecular formula is C13H24O2. The van der Waals surface area contributed by atoms with Gasteiger partial charge in [0.05, 0.1) is 0 Å². The standard InChI is InChI=1S/C13H24O2/c1-5-6-7-8-9-12(2)10-11-13(14-3)15-4/h5-8,12-13H,9-11H2,1-4H3/b6-5+,8-7+/t12-/m0/s1/i5+1. The van der Waals surface area contributed by atoms with Crippen molar-refractivity contribution in [2.24, 2.45) is 5.92 Å². The van der Waals surface area contributed by atoms with Crippen LogP contribution < -0.4 is 0 Å². The summed E-state index contributed by atoms with van der Waals surface area (Å²) in [4.78, 5) is 0. The third kappa shape index (κ3) is 8.40. The SMILES string of the molecule is C/[13CH]=C/C=C/C[C@H](C)CCC(OC)OC. The molecule has 88 valence electrons. The summed E-state index contributed by atoms with van der Waals surface area (Å²) in [5.74, 6) is 0.680. The molecule has 0 saturated heterocycles. The summed E-state index contributed by atoms with van der Waals surface area (Å²) in [7, 11) is 3.37. The van der Waals surface area contributed by atoms with Crippen LogP contribution in [0.3, 0.4) is 0 Å². The third-order valence-electron chi connectivity index (χ3n) is 2.40. The smallest absolute Gasteiger partial charge is 0.156 e. The average molecular weight is 213 g/mol. The van der Waals surface area contributed by atoms with Gasteiger partial charge >= 0.3 is 0 Å². The molecule has 0 aromatic carbocycles. The van der Waals surface area contributed by atoms with E-state index in [1.54, 1.807) is 14.2 Å². The van der Waals surface area contributed by atoms with Crippen LogP contribution >= 0.6 is 0 Å². The molecule has 0 aromatic rings. The predicted molar refractivity (Wildman–Crippen MR) is 64.8 cm³/mol. The van der Waals surface area contributed by atoms with Crippen molar-refractivity contribution in [1.82, 2.24) is 0 Å². The van der Waals surface area contributed by atoms with Crippen LogP contribution in [0.2, 0.25) is 0 Å². The largest absolute Gasteiger partial charge is 0.356 e. The fraction of sp³-hybridized carbons (Fsp3) is 0.692. The maximum absolute atomic E-state index is 5.14. The van der Waals surface area contributed by atoms with E-state index in [2.05, 4.69) is 25.2 Å². The van der Waals surface area contributed by atoms with E-state index in [-0.39, 0.29) is 6.29 Å². The first kappa shape index (κ1) is 14.4. The Morgan fingerprint density at radius 2 is 1.73 bits per heavy atom. The Kier molecular flexibility index (Phi) is 9.54. The lowest BCUT2D eigenvalue weighted by molar-refractivity contribution is -0.108. The molecule has 0 aliphatic rings. The van der Waals surface area contributed by atoms with Gasteiger partial charge in [-0.25, -0.2) is 0 Å². The zero-order valence-electron chi connectivity index (χ0n) is 10.4. The number of rotatable bonds is 8. The summed E-state index contributed by atoms with van der Waals surface area (Å²) in [5, 5.41) is 0. The quantitative estimate of drug-likeness (QED) is 0.349. The average Bonchev–Trinajstić information content (AvgIpc) is 2.26. The molecule has 0 rings (SSSR count). The summed E-state index contributed by atoms with van der Waals surface area (Å²) >= 11 is 0. The van der Waals surface area contributed by atoms with E-state index in [0.717, 1.165) is 19.3 Å². The minimum atomic E-state index is -0.0491. The topological polar surface area (TPSA) is 18.5 Å². The molecule has 0 bridgehead atoms. The van der Waals surface area contributed by atoms with Crippen molar-refractivity contribution in [2.45, 2.75) is 39.4 Å². The zero-order chi connectivity index (χ0) is 11.5. The minimum Gasteiger partial charge on any atom is -0.356 e. The fourth-order valence-electron chi connectivity index (χ4n) is 1.37. The summed E-state index contributed by atoms with van der Waals surface area (Å²) in [5.41, 5.74) is 0. The van der Waals surface area contributed by atoms with Crippen molar-refractivity contribution < 1.29 is 9.47 Å². The monoisotopic (exact) mass is 213 g/mol.